The molecule has 2 aliphatic rings. The van der Waals surface area contributed by atoms with E-state index in [1.807, 2.05) is 56.3 Å². The van der Waals surface area contributed by atoms with Crippen molar-refractivity contribution in [1.29, 1.82) is 0 Å². The van der Waals surface area contributed by atoms with Gasteiger partial charge >= 0.3 is 0 Å². The number of nitrogens with one attached hydrogen (secondary N) is 1. The van der Waals surface area contributed by atoms with Gasteiger partial charge in [-0.15, -0.1) is 0 Å². The van der Waals surface area contributed by atoms with Crippen LogP contribution in [0.2, 0.25) is 10.0 Å². The van der Waals surface area contributed by atoms with Crippen molar-refractivity contribution in [1.82, 2.24) is 10.2 Å². The van der Waals surface area contributed by atoms with Crippen LogP contribution in [0.3, 0.4) is 0 Å². The number of piperidine rings is 1. The van der Waals surface area contributed by atoms with E-state index < -0.39 is 16.1 Å². The van der Waals surface area contributed by atoms with Gasteiger partial charge in [0.05, 0.1) is 23.1 Å². The number of carbonyl (C=O) groups is 1. The Kier molecular flexibility index (Phi) is 9.25. The molecular weight excluding hydrogens is 553 g/mol. The SMILES string of the molecule is CCCN1CCNC([N+]2([O-])CCC(Cc3ccccc3)(C(=O)c3cc(C)cc(C)c3)CC2c2ccc(Cl)c(Cl)c2)C1. The number of carbonyl (C=O) groups excluding carboxylic acids is 1. The fourth-order valence-electron chi connectivity index (χ4n) is 7.08. The highest BCUT2D eigenvalue weighted by Crippen LogP contribution is 2.51. The lowest BCUT2D eigenvalue weighted by Crippen LogP contribution is -2.69. The maximum atomic E-state index is 15.2. The van der Waals surface area contributed by atoms with Gasteiger partial charge in [0.1, 0.15) is 6.04 Å². The Hall–Kier alpha value is -2.25. The molecule has 0 amide bonds. The van der Waals surface area contributed by atoms with Crippen LogP contribution in [0, 0.1) is 24.5 Å². The second kappa shape index (κ2) is 12.5. The summed E-state index contributed by atoms with van der Waals surface area (Å²) in [6.45, 7) is 9.94. The Morgan fingerprint density at radius 3 is 2.46 bits per heavy atom. The summed E-state index contributed by atoms with van der Waals surface area (Å²) in [5.41, 5.74) is 4.07. The van der Waals surface area contributed by atoms with Crippen molar-refractivity contribution in [3.05, 3.63) is 110 Å². The Morgan fingerprint density at radius 1 is 1.05 bits per heavy atom. The summed E-state index contributed by atoms with van der Waals surface area (Å²) < 4.78 is -0.422. The molecule has 5 rings (SSSR count). The number of hydrogen-bond donors (Lipinski definition) is 1. The lowest BCUT2D eigenvalue weighted by atomic mass is 9.65. The van der Waals surface area contributed by atoms with Crippen LogP contribution in [0.4, 0.5) is 0 Å². The standard InChI is InChI=1S/C34H41Cl2N3O2/c1-4-14-38-15-13-37-32(23-38)39(41)16-12-34(21-26-8-6-5-7-9-26,33(40)28-18-24(2)17-25(3)19-28)22-31(39)27-10-11-29(35)30(36)20-27/h5-11,17-20,31-32,37H,4,12-16,21-23H2,1-3H3. The molecule has 41 heavy (non-hydrogen) atoms. The van der Waals surface area contributed by atoms with E-state index in [2.05, 4.69) is 35.3 Å². The fraction of sp³-hybridized carbons (Fsp3) is 0.441. The highest BCUT2D eigenvalue weighted by Gasteiger charge is 2.53. The summed E-state index contributed by atoms with van der Waals surface area (Å²) in [5, 5.41) is 19.7. The van der Waals surface area contributed by atoms with Gasteiger partial charge in [0.15, 0.2) is 11.9 Å². The van der Waals surface area contributed by atoms with E-state index in [0.717, 1.165) is 53.9 Å². The van der Waals surface area contributed by atoms with Gasteiger partial charge in [-0.05, 0) is 63.1 Å². The first-order chi connectivity index (χ1) is 19.6. The fourth-order valence-corrected chi connectivity index (χ4v) is 7.39. The monoisotopic (exact) mass is 593 g/mol. The van der Waals surface area contributed by atoms with E-state index in [1.165, 1.54) is 0 Å². The average molecular weight is 595 g/mol. The first-order valence-corrected chi connectivity index (χ1v) is 15.6. The van der Waals surface area contributed by atoms with E-state index in [-0.39, 0.29) is 11.9 Å². The predicted molar refractivity (Wildman–Crippen MR) is 168 cm³/mol. The minimum atomic E-state index is -0.734. The molecule has 4 unspecified atom stereocenters. The van der Waals surface area contributed by atoms with E-state index >= 15 is 5.21 Å². The molecule has 7 heteroatoms. The molecule has 0 spiro atoms. The minimum Gasteiger partial charge on any atom is -0.631 e. The summed E-state index contributed by atoms with van der Waals surface area (Å²) in [7, 11) is 0. The first kappa shape index (κ1) is 30.2. The first-order valence-electron chi connectivity index (χ1n) is 14.8. The molecule has 0 saturated carbocycles. The second-order valence-corrected chi connectivity index (χ2v) is 13.0. The number of halogens is 2. The van der Waals surface area contributed by atoms with Crippen LogP contribution in [0.1, 0.15) is 64.8 Å². The van der Waals surface area contributed by atoms with Crippen molar-refractivity contribution in [2.24, 2.45) is 5.41 Å². The predicted octanol–water partition coefficient (Wildman–Crippen LogP) is 7.51. The second-order valence-electron chi connectivity index (χ2n) is 12.1. The number of Topliss-reactive ketones (excluding diaryl/α,β-unsaturated/α-hetero) is 1. The van der Waals surface area contributed by atoms with Gasteiger partial charge in [-0.25, -0.2) is 0 Å². The summed E-state index contributed by atoms with van der Waals surface area (Å²) in [6, 6.07) is 21.4. The highest BCUT2D eigenvalue weighted by molar-refractivity contribution is 6.42. The number of piperazine rings is 1. The molecule has 0 aliphatic carbocycles. The quantitative estimate of drug-likeness (QED) is 0.167. The Labute approximate surface area is 254 Å². The van der Waals surface area contributed by atoms with Crippen LogP contribution >= 0.6 is 23.2 Å². The molecule has 218 valence electrons. The molecule has 2 aliphatic heterocycles. The molecular formula is C34H41Cl2N3O2. The number of hydroxylamine groups is 3. The van der Waals surface area contributed by atoms with Crippen LogP contribution < -0.4 is 5.32 Å². The zero-order valence-electron chi connectivity index (χ0n) is 24.3. The molecule has 5 nitrogen and oxygen atoms in total. The maximum absolute atomic E-state index is 15.2. The summed E-state index contributed by atoms with van der Waals surface area (Å²) >= 11 is 12.9. The van der Waals surface area contributed by atoms with E-state index in [4.69, 9.17) is 23.2 Å². The van der Waals surface area contributed by atoms with Gasteiger partial charge in [-0.3, -0.25) is 15.0 Å². The molecule has 2 saturated heterocycles. The molecule has 1 N–H and O–H groups in total. The van der Waals surface area contributed by atoms with Crippen molar-refractivity contribution >= 4 is 29.0 Å². The summed E-state index contributed by atoms with van der Waals surface area (Å²) in [5.74, 6) is 0.119. The lowest BCUT2D eigenvalue weighted by molar-refractivity contribution is -0.945. The van der Waals surface area contributed by atoms with Gasteiger partial charge < -0.3 is 9.85 Å². The summed E-state index contributed by atoms with van der Waals surface area (Å²) in [6.07, 6.45) is 2.28. The number of nitrogens with zero attached hydrogens (tertiary/aromatic N) is 2. The van der Waals surface area contributed by atoms with Crippen LogP contribution in [-0.4, -0.2) is 54.2 Å². The van der Waals surface area contributed by atoms with Crippen molar-refractivity contribution in [3.63, 3.8) is 0 Å². The Bertz CT molecular complexity index is 1360. The number of ketones is 1. The third kappa shape index (κ3) is 6.41. The molecule has 3 aromatic rings. The van der Waals surface area contributed by atoms with Crippen molar-refractivity contribution < 1.29 is 9.44 Å². The van der Waals surface area contributed by atoms with Crippen LogP contribution in [-0.2, 0) is 6.42 Å². The van der Waals surface area contributed by atoms with Crippen LogP contribution in [0.25, 0.3) is 0 Å². The number of quaternary nitrogens is 1. The zero-order valence-corrected chi connectivity index (χ0v) is 25.8. The topological polar surface area (TPSA) is 55.4 Å². The normalized spacial score (nSPS) is 27.1. The molecule has 4 atom stereocenters. The van der Waals surface area contributed by atoms with Gasteiger partial charge in [0.25, 0.3) is 0 Å². The number of benzene rings is 3. The molecule has 3 aromatic carbocycles. The number of rotatable bonds is 8. The minimum absolute atomic E-state index is 0.119. The molecule has 0 radical (unpaired) electrons. The third-order valence-corrected chi connectivity index (χ3v) is 9.78. The Morgan fingerprint density at radius 2 is 1.78 bits per heavy atom. The molecule has 2 heterocycles. The Balaban J connectivity index is 1.61. The lowest BCUT2D eigenvalue weighted by Gasteiger charge is -2.60. The third-order valence-electron chi connectivity index (χ3n) is 9.04. The van der Waals surface area contributed by atoms with Crippen LogP contribution in [0.15, 0.2) is 66.7 Å². The number of aryl methyl sites for hydroxylation is 2. The number of likely N-dealkylation sites (tertiary alicyclic amines) is 1. The van der Waals surface area contributed by atoms with Gasteiger partial charge in [0.2, 0.25) is 0 Å². The van der Waals surface area contributed by atoms with Crippen molar-refractivity contribution in [2.45, 2.75) is 58.7 Å². The van der Waals surface area contributed by atoms with Crippen LogP contribution in [0.5, 0.6) is 0 Å². The van der Waals surface area contributed by atoms with E-state index in [9.17, 15) is 4.79 Å². The van der Waals surface area contributed by atoms with Gasteiger partial charge in [0, 0.05) is 42.5 Å². The van der Waals surface area contributed by atoms with E-state index in [1.54, 1.807) is 6.07 Å². The van der Waals surface area contributed by atoms with Gasteiger partial charge in [-0.1, -0.05) is 83.7 Å². The zero-order chi connectivity index (χ0) is 29.2. The van der Waals surface area contributed by atoms with Gasteiger partial charge in [-0.2, -0.15) is 0 Å². The maximum Gasteiger partial charge on any atom is 0.169 e. The summed E-state index contributed by atoms with van der Waals surface area (Å²) in [4.78, 5) is 17.1. The smallest absolute Gasteiger partial charge is 0.169 e. The van der Waals surface area contributed by atoms with E-state index in [0.29, 0.717) is 42.4 Å². The molecule has 0 bridgehead atoms. The molecule has 0 aromatic heterocycles. The highest BCUT2D eigenvalue weighted by atomic mass is 35.5. The average Bonchev–Trinajstić information content (AvgIpc) is 2.96. The van der Waals surface area contributed by atoms with Crippen molar-refractivity contribution in [2.75, 3.05) is 32.7 Å². The van der Waals surface area contributed by atoms with Crippen molar-refractivity contribution in [3.8, 4) is 0 Å². The largest absolute Gasteiger partial charge is 0.631 e. The number of hydrogen-bond acceptors (Lipinski definition) is 4. The molecule has 2 fully saturated rings.